The molecule has 0 atom stereocenters. The number of carbonyl (C=O) groups excluding carboxylic acids is 1. The van der Waals surface area contributed by atoms with Crippen LogP contribution in [-0.2, 0) is 4.84 Å². The molecule has 2 N–H and O–H groups in total. The van der Waals surface area contributed by atoms with Crippen molar-refractivity contribution in [2.24, 2.45) is 0 Å². The predicted molar refractivity (Wildman–Crippen MR) is 47.5 cm³/mol. The zero-order valence-electron chi connectivity index (χ0n) is 7.44. The number of nitrogens with one attached hydrogen (secondary N) is 2. The Morgan fingerprint density at radius 2 is 2.43 bits per heavy atom. The average Bonchev–Trinajstić information content (AvgIpc) is 2.61. The van der Waals surface area contributed by atoms with Crippen molar-refractivity contribution in [3.63, 3.8) is 0 Å². The number of hydrogen-bond donors (Lipinski definition) is 2. The molecule has 14 heavy (non-hydrogen) atoms. The number of hydroxylamine groups is 1. The molecule has 0 aromatic rings. The number of nitrogens with zero attached hydrogens (tertiary/aromatic N) is 2. The minimum Gasteiger partial charge on any atom is -0.356 e. The van der Waals surface area contributed by atoms with Gasteiger partial charge in [0.1, 0.15) is 0 Å². The molecule has 0 saturated carbocycles. The maximum absolute atomic E-state index is 11.4. The summed E-state index contributed by atoms with van der Waals surface area (Å²) in [6, 6.07) is 0. The monoisotopic (exact) mass is 192 g/mol. The predicted octanol–water partition coefficient (Wildman–Crippen LogP) is 0.201. The van der Waals surface area contributed by atoms with Crippen molar-refractivity contribution in [3.05, 3.63) is 24.2 Å². The van der Waals surface area contributed by atoms with Gasteiger partial charge in [0.25, 0.3) is 5.91 Å². The van der Waals surface area contributed by atoms with Gasteiger partial charge in [-0.05, 0) is 0 Å². The second-order valence-corrected chi connectivity index (χ2v) is 2.59. The van der Waals surface area contributed by atoms with Crippen LogP contribution in [0.5, 0.6) is 0 Å². The van der Waals surface area contributed by atoms with Crippen LogP contribution in [-0.4, -0.2) is 28.0 Å². The van der Waals surface area contributed by atoms with Gasteiger partial charge in [-0.25, -0.2) is 15.4 Å². The van der Waals surface area contributed by atoms with Crippen molar-refractivity contribution in [2.75, 3.05) is 7.11 Å². The smallest absolute Gasteiger partial charge is 0.278 e. The summed E-state index contributed by atoms with van der Waals surface area (Å²) in [7, 11) is 1.37. The highest BCUT2D eigenvalue weighted by Gasteiger charge is 2.17. The highest BCUT2D eigenvalue weighted by Crippen LogP contribution is 2.18. The molecule has 0 saturated heterocycles. The largest absolute Gasteiger partial charge is 0.356 e. The molecule has 0 aromatic carbocycles. The zero-order chi connectivity index (χ0) is 9.97. The molecule has 2 aliphatic rings. The third kappa shape index (κ3) is 1.31. The fraction of sp³-hybridized carbons (Fsp3) is 0.125. The molecule has 0 unspecified atom stereocenters. The normalized spacial score (nSPS) is 10.4. The Balaban J connectivity index is 2.40. The molecule has 0 aromatic heterocycles. The SMILES string of the molecule is CONC(=O)c1cnc2ncc[nH]c1-2. The molecule has 6 nitrogen and oxygen atoms in total. The Labute approximate surface area is 79.6 Å². The molecule has 0 radical (unpaired) electrons. The standard InChI is InChI=1S/C8H8N4O2/c1-14-12-8(13)5-4-11-7-6(5)9-2-3-10-7/h2-4,9H,1H3,(H,12,13). The topological polar surface area (TPSA) is 79.9 Å². The van der Waals surface area contributed by atoms with Crippen LogP contribution in [0.15, 0.2) is 18.6 Å². The van der Waals surface area contributed by atoms with E-state index in [1.54, 1.807) is 12.4 Å². The summed E-state index contributed by atoms with van der Waals surface area (Å²) in [5.41, 5.74) is 3.22. The second-order valence-electron chi connectivity index (χ2n) is 2.59. The molecule has 2 aliphatic heterocycles. The summed E-state index contributed by atoms with van der Waals surface area (Å²) < 4.78 is 0. The van der Waals surface area contributed by atoms with Crippen molar-refractivity contribution in [1.29, 1.82) is 0 Å². The van der Waals surface area contributed by atoms with Gasteiger partial charge in [0.15, 0.2) is 5.82 Å². The van der Waals surface area contributed by atoms with Crippen molar-refractivity contribution in [1.82, 2.24) is 20.4 Å². The van der Waals surface area contributed by atoms with Gasteiger partial charge in [-0.2, -0.15) is 0 Å². The van der Waals surface area contributed by atoms with Crippen molar-refractivity contribution in [3.8, 4) is 11.5 Å². The van der Waals surface area contributed by atoms with E-state index < -0.39 is 0 Å². The Bertz CT molecular complexity index is 425. The van der Waals surface area contributed by atoms with Gasteiger partial charge < -0.3 is 4.98 Å². The first-order chi connectivity index (χ1) is 6.83. The molecular formula is C8H8N4O2. The summed E-state index contributed by atoms with van der Waals surface area (Å²) >= 11 is 0. The first-order valence-electron chi connectivity index (χ1n) is 3.94. The van der Waals surface area contributed by atoms with Crippen LogP contribution in [0.1, 0.15) is 10.4 Å². The molecule has 2 heterocycles. The van der Waals surface area contributed by atoms with Gasteiger partial charge >= 0.3 is 0 Å². The van der Waals surface area contributed by atoms with E-state index in [2.05, 4.69) is 25.3 Å². The van der Waals surface area contributed by atoms with Crippen LogP contribution in [0, 0.1) is 0 Å². The summed E-state index contributed by atoms with van der Waals surface area (Å²) in [6.45, 7) is 0. The zero-order valence-corrected chi connectivity index (χ0v) is 7.44. The molecule has 2 rings (SSSR count). The van der Waals surface area contributed by atoms with Gasteiger partial charge in [0.2, 0.25) is 0 Å². The van der Waals surface area contributed by atoms with Crippen LogP contribution in [0.25, 0.3) is 11.5 Å². The van der Waals surface area contributed by atoms with E-state index in [-0.39, 0.29) is 5.91 Å². The number of hydrogen-bond acceptors (Lipinski definition) is 4. The Kier molecular flexibility index (Phi) is 2.11. The summed E-state index contributed by atoms with van der Waals surface area (Å²) in [5, 5.41) is 0. The molecule has 1 amide bonds. The average molecular weight is 192 g/mol. The number of amides is 1. The van der Waals surface area contributed by atoms with Crippen molar-refractivity contribution < 1.29 is 9.63 Å². The lowest BCUT2D eigenvalue weighted by atomic mass is 10.2. The molecule has 0 fully saturated rings. The highest BCUT2D eigenvalue weighted by atomic mass is 16.6. The van der Waals surface area contributed by atoms with Crippen molar-refractivity contribution in [2.45, 2.75) is 0 Å². The number of aromatic nitrogens is 3. The minimum absolute atomic E-state index is 0.348. The van der Waals surface area contributed by atoms with E-state index in [1.807, 2.05) is 0 Å². The third-order valence-electron chi connectivity index (χ3n) is 1.75. The van der Waals surface area contributed by atoms with Crippen LogP contribution in [0.3, 0.4) is 0 Å². The van der Waals surface area contributed by atoms with E-state index in [4.69, 9.17) is 0 Å². The number of H-pyrrole nitrogens is 1. The first-order valence-corrected chi connectivity index (χ1v) is 3.94. The van der Waals surface area contributed by atoms with Crippen molar-refractivity contribution >= 4 is 5.91 Å². The number of carbonyl (C=O) groups is 1. The van der Waals surface area contributed by atoms with Gasteiger partial charge in [0.05, 0.1) is 18.4 Å². The van der Waals surface area contributed by atoms with Crippen LogP contribution in [0.4, 0.5) is 0 Å². The summed E-state index contributed by atoms with van der Waals surface area (Å²) in [4.78, 5) is 26.8. The third-order valence-corrected chi connectivity index (χ3v) is 1.75. The molecule has 0 spiro atoms. The lowest BCUT2D eigenvalue weighted by molar-refractivity contribution is 0.0538. The molecular weight excluding hydrogens is 184 g/mol. The molecule has 72 valence electrons. The molecule has 0 aliphatic carbocycles. The molecule has 6 heteroatoms. The fourth-order valence-electron chi connectivity index (χ4n) is 1.16. The van der Waals surface area contributed by atoms with Gasteiger partial charge in [0, 0.05) is 18.6 Å². The van der Waals surface area contributed by atoms with Gasteiger partial charge in [-0.15, -0.1) is 0 Å². The van der Waals surface area contributed by atoms with Crippen LogP contribution in [0.2, 0.25) is 0 Å². The van der Waals surface area contributed by atoms with E-state index >= 15 is 0 Å². The number of fused-ring (bicyclic) bond motifs is 1. The lowest BCUT2D eigenvalue weighted by Crippen LogP contribution is -2.21. The van der Waals surface area contributed by atoms with E-state index in [9.17, 15) is 4.79 Å². The van der Waals surface area contributed by atoms with Crippen LogP contribution < -0.4 is 5.48 Å². The van der Waals surface area contributed by atoms with E-state index in [1.165, 1.54) is 13.3 Å². The van der Waals surface area contributed by atoms with E-state index in [0.717, 1.165) is 0 Å². The quantitative estimate of drug-likeness (QED) is 0.666. The maximum atomic E-state index is 11.4. The van der Waals surface area contributed by atoms with Gasteiger partial charge in [-0.3, -0.25) is 9.63 Å². The Hall–Kier alpha value is -1.95. The highest BCUT2D eigenvalue weighted by molar-refractivity contribution is 5.99. The lowest BCUT2D eigenvalue weighted by Gasteiger charge is -2.01. The fourth-order valence-corrected chi connectivity index (χ4v) is 1.16. The molecule has 0 bridgehead atoms. The number of aromatic amines is 1. The first kappa shape index (κ1) is 8.64. The summed E-state index contributed by atoms with van der Waals surface area (Å²) in [6.07, 6.45) is 4.66. The Morgan fingerprint density at radius 3 is 3.21 bits per heavy atom. The minimum atomic E-state index is -0.348. The van der Waals surface area contributed by atoms with Gasteiger partial charge in [-0.1, -0.05) is 0 Å². The van der Waals surface area contributed by atoms with Crippen LogP contribution >= 0.6 is 0 Å². The second kappa shape index (κ2) is 3.43. The number of rotatable bonds is 2. The maximum Gasteiger partial charge on any atom is 0.278 e. The Morgan fingerprint density at radius 1 is 1.57 bits per heavy atom. The van der Waals surface area contributed by atoms with E-state index in [0.29, 0.717) is 17.1 Å². The summed E-state index contributed by atoms with van der Waals surface area (Å²) in [5.74, 6) is 0.160.